The number of H-pyrrole nitrogens is 1. The maximum absolute atomic E-state index is 12.6. The van der Waals surface area contributed by atoms with E-state index < -0.39 is 0 Å². The first-order valence-corrected chi connectivity index (χ1v) is 11.6. The number of para-hydroxylation sites is 2. The molecule has 7 heteroatoms. The molecule has 2 N–H and O–H groups in total. The summed E-state index contributed by atoms with van der Waals surface area (Å²) >= 11 is 2.86. The lowest BCUT2D eigenvalue weighted by atomic mass is 10.1. The van der Waals surface area contributed by atoms with Gasteiger partial charge >= 0.3 is 0 Å². The number of thiazole rings is 1. The Hall–Kier alpha value is -3.42. The second kappa shape index (κ2) is 8.75. The summed E-state index contributed by atoms with van der Waals surface area (Å²) in [5, 5.41) is 4.27. The number of aromatic nitrogens is 3. The normalized spacial score (nSPS) is 11.0. The molecule has 0 aliphatic heterocycles. The van der Waals surface area contributed by atoms with Crippen LogP contribution in [0.25, 0.3) is 32.7 Å². The summed E-state index contributed by atoms with van der Waals surface area (Å²) in [6.07, 6.45) is 0. The molecule has 152 valence electrons. The van der Waals surface area contributed by atoms with Crippen molar-refractivity contribution in [3.05, 3.63) is 84.9 Å². The largest absolute Gasteiger partial charge is 0.333 e. The van der Waals surface area contributed by atoms with Gasteiger partial charge in [-0.05, 0) is 17.7 Å². The predicted molar refractivity (Wildman–Crippen MR) is 128 cm³/mol. The van der Waals surface area contributed by atoms with Crippen molar-refractivity contribution in [3.8, 4) is 21.7 Å². The maximum Gasteiger partial charge on any atom is 0.236 e. The van der Waals surface area contributed by atoms with E-state index in [1.54, 1.807) is 0 Å². The molecule has 0 bridgehead atoms. The molecule has 5 aromatic rings. The fourth-order valence-electron chi connectivity index (χ4n) is 3.24. The highest BCUT2D eigenvalue weighted by atomic mass is 32.2. The number of hydrogen-bond donors (Lipinski definition) is 2. The Bertz CT molecular complexity index is 1240. The molecule has 0 saturated heterocycles. The van der Waals surface area contributed by atoms with E-state index in [1.165, 1.54) is 23.1 Å². The van der Waals surface area contributed by atoms with Gasteiger partial charge in [-0.15, -0.1) is 0 Å². The number of imidazole rings is 1. The van der Waals surface area contributed by atoms with Gasteiger partial charge in [0.05, 0.1) is 27.4 Å². The van der Waals surface area contributed by atoms with Gasteiger partial charge in [-0.2, -0.15) is 0 Å². The van der Waals surface area contributed by atoms with Gasteiger partial charge in [-0.1, -0.05) is 95.9 Å². The van der Waals surface area contributed by atoms with Crippen molar-refractivity contribution >= 4 is 45.2 Å². The fraction of sp³-hybridized carbons (Fsp3) is 0.0417. The van der Waals surface area contributed by atoms with Crippen molar-refractivity contribution in [2.45, 2.75) is 5.16 Å². The molecule has 0 radical (unpaired) electrons. The van der Waals surface area contributed by atoms with Gasteiger partial charge in [0.1, 0.15) is 0 Å². The second-order valence-electron chi connectivity index (χ2n) is 6.82. The summed E-state index contributed by atoms with van der Waals surface area (Å²) in [6, 6.07) is 28.0. The highest BCUT2D eigenvalue weighted by Crippen LogP contribution is 2.39. The van der Waals surface area contributed by atoms with Crippen LogP contribution in [0.15, 0.2) is 90.1 Å². The number of thioether (sulfide) groups is 1. The first kappa shape index (κ1) is 19.5. The number of rotatable bonds is 6. The van der Waals surface area contributed by atoms with E-state index in [2.05, 4.69) is 27.4 Å². The van der Waals surface area contributed by atoms with Crippen LogP contribution in [0.5, 0.6) is 0 Å². The van der Waals surface area contributed by atoms with Crippen molar-refractivity contribution in [2.75, 3.05) is 11.1 Å². The van der Waals surface area contributed by atoms with Crippen molar-refractivity contribution in [1.29, 1.82) is 0 Å². The van der Waals surface area contributed by atoms with E-state index in [4.69, 9.17) is 4.98 Å². The Morgan fingerprint density at radius 2 is 1.55 bits per heavy atom. The monoisotopic (exact) mass is 442 g/mol. The molecule has 0 fully saturated rings. The lowest BCUT2D eigenvalue weighted by molar-refractivity contribution is -0.113. The Labute approximate surface area is 187 Å². The number of amides is 1. The zero-order chi connectivity index (χ0) is 21.0. The predicted octanol–water partition coefficient (Wildman–Crippen LogP) is 6.08. The molecule has 2 aromatic heterocycles. The van der Waals surface area contributed by atoms with Gasteiger partial charge in [0, 0.05) is 5.56 Å². The van der Waals surface area contributed by atoms with Crippen LogP contribution in [0, 0.1) is 0 Å². The number of fused-ring (bicyclic) bond motifs is 1. The molecule has 0 aliphatic rings. The van der Waals surface area contributed by atoms with E-state index in [9.17, 15) is 4.79 Å². The summed E-state index contributed by atoms with van der Waals surface area (Å²) in [5.41, 5.74) is 4.83. The quantitative estimate of drug-likeness (QED) is 0.313. The summed E-state index contributed by atoms with van der Waals surface area (Å²) in [4.78, 5) is 26.1. The van der Waals surface area contributed by atoms with Gasteiger partial charge in [-0.25, -0.2) is 9.97 Å². The van der Waals surface area contributed by atoms with Crippen LogP contribution in [0.2, 0.25) is 0 Å². The van der Waals surface area contributed by atoms with Gasteiger partial charge in [0.2, 0.25) is 5.91 Å². The standard InChI is InChI=1S/C24H18N4OS2/c29-20(15-30-23-25-18-13-7-8-14-19(18)26-23)27-24-28-21(16-9-3-1-4-10-16)22(31-24)17-11-5-2-6-12-17/h1-14H,15H2,(H,25,26)(H,27,28,29). The molecule has 0 atom stereocenters. The smallest absolute Gasteiger partial charge is 0.236 e. The lowest BCUT2D eigenvalue weighted by Gasteiger charge is -2.02. The summed E-state index contributed by atoms with van der Waals surface area (Å²) in [7, 11) is 0. The van der Waals surface area contributed by atoms with E-state index in [-0.39, 0.29) is 11.7 Å². The molecule has 5 nitrogen and oxygen atoms in total. The van der Waals surface area contributed by atoms with Crippen LogP contribution < -0.4 is 5.32 Å². The minimum atomic E-state index is -0.113. The number of aromatic amines is 1. The van der Waals surface area contributed by atoms with E-state index in [0.29, 0.717) is 5.13 Å². The number of anilines is 1. The average molecular weight is 443 g/mol. The zero-order valence-electron chi connectivity index (χ0n) is 16.4. The van der Waals surface area contributed by atoms with Crippen molar-refractivity contribution in [3.63, 3.8) is 0 Å². The third kappa shape index (κ3) is 4.38. The molecule has 0 aliphatic carbocycles. The molecule has 1 amide bonds. The van der Waals surface area contributed by atoms with Gasteiger partial charge in [0.15, 0.2) is 10.3 Å². The van der Waals surface area contributed by atoms with Crippen molar-refractivity contribution in [2.24, 2.45) is 0 Å². The van der Waals surface area contributed by atoms with Crippen LogP contribution in [-0.2, 0) is 4.79 Å². The first-order chi connectivity index (χ1) is 15.3. The fourth-order valence-corrected chi connectivity index (χ4v) is 4.93. The molecular formula is C24H18N4OS2. The molecule has 3 aromatic carbocycles. The molecule has 0 spiro atoms. The van der Waals surface area contributed by atoms with E-state index in [0.717, 1.165) is 37.9 Å². The number of benzene rings is 3. The Morgan fingerprint density at radius 3 is 2.29 bits per heavy atom. The molecule has 31 heavy (non-hydrogen) atoms. The molecule has 2 heterocycles. The van der Waals surface area contributed by atoms with Crippen LogP contribution in [0.4, 0.5) is 5.13 Å². The summed E-state index contributed by atoms with van der Waals surface area (Å²) in [6.45, 7) is 0. The summed E-state index contributed by atoms with van der Waals surface area (Å²) in [5.74, 6) is 0.138. The Balaban J connectivity index is 1.35. The number of hydrogen-bond acceptors (Lipinski definition) is 5. The number of carbonyl (C=O) groups excluding carboxylic acids is 1. The van der Waals surface area contributed by atoms with Crippen LogP contribution in [0.1, 0.15) is 0 Å². The minimum absolute atomic E-state index is 0.113. The highest BCUT2D eigenvalue weighted by Gasteiger charge is 2.16. The molecule has 0 unspecified atom stereocenters. The SMILES string of the molecule is O=C(CSc1nc2ccccc2[nH]1)Nc1nc(-c2ccccc2)c(-c2ccccc2)s1. The minimum Gasteiger partial charge on any atom is -0.333 e. The van der Waals surface area contributed by atoms with Gasteiger partial charge in [-0.3, -0.25) is 4.79 Å². The third-order valence-electron chi connectivity index (χ3n) is 4.66. The third-order valence-corrected chi connectivity index (χ3v) is 6.56. The topological polar surface area (TPSA) is 70.7 Å². The zero-order valence-corrected chi connectivity index (χ0v) is 18.0. The first-order valence-electron chi connectivity index (χ1n) is 9.75. The average Bonchev–Trinajstić information content (AvgIpc) is 3.43. The maximum atomic E-state index is 12.6. The summed E-state index contributed by atoms with van der Waals surface area (Å²) < 4.78 is 0. The van der Waals surface area contributed by atoms with Crippen LogP contribution >= 0.6 is 23.1 Å². The Morgan fingerprint density at radius 1 is 0.871 bits per heavy atom. The number of carbonyl (C=O) groups is 1. The molecule has 0 saturated carbocycles. The lowest BCUT2D eigenvalue weighted by Crippen LogP contribution is -2.13. The van der Waals surface area contributed by atoms with Crippen LogP contribution in [-0.4, -0.2) is 26.6 Å². The molecule has 5 rings (SSSR count). The van der Waals surface area contributed by atoms with E-state index >= 15 is 0 Å². The van der Waals surface area contributed by atoms with Gasteiger partial charge < -0.3 is 10.3 Å². The Kier molecular flexibility index (Phi) is 5.52. The van der Waals surface area contributed by atoms with E-state index in [1.807, 2.05) is 72.8 Å². The second-order valence-corrected chi connectivity index (χ2v) is 8.79. The van der Waals surface area contributed by atoms with Gasteiger partial charge in [0.25, 0.3) is 0 Å². The van der Waals surface area contributed by atoms with Crippen molar-refractivity contribution in [1.82, 2.24) is 15.0 Å². The molecular weight excluding hydrogens is 424 g/mol. The highest BCUT2D eigenvalue weighted by molar-refractivity contribution is 7.99. The van der Waals surface area contributed by atoms with Crippen molar-refractivity contribution < 1.29 is 4.79 Å². The number of nitrogens with one attached hydrogen (secondary N) is 2. The number of nitrogens with zero attached hydrogens (tertiary/aromatic N) is 2. The van der Waals surface area contributed by atoms with Crippen LogP contribution in [0.3, 0.4) is 0 Å².